The van der Waals surface area contributed by atoms with E-state index < -0.39 is 0 Å². The molecule has 1 fully saturated rings. The van der Waals surface area contributed by atoms with Gasteiger partial charge in [0.15, 0.2) is 5.82 Å². The lowest BCUT2D eigenvalue weighted by Gasteiger charge is -2.35. The first-order chi connectivity index (χ1) is 17.2. The van der Waals surface area contributed by atoms with Crippen LogP contribution in [0, 0.1) is 0 Å². The molecule has 5 rings (SSSR count). The van der Waals surface area contributed by atoms with E-state index in [0.717, 1.165) is 48.0 Å². The number of fused-ring (bicyclic) bond motifs is 1. The Hall–Kier alpha value is -3.32. The molecule has 0 saturated heterocycles. The van der Waals surface area contributed by atoms with E-state index in [0.29, 0.717) is 19.1 Å². The van der Waals surface area contributed by atoms with Crippen molar-refractivity contribution in [2.45, 2.75) is 77.5 Å². The van der Waals surface area contributed by atoms with Crippen molar-refractivity contribution in [1.29, 1.82) is 0 Å². The smallest absolute Gasteiger partial charge is 0.252 e. The van der Waals surface area contributed by atoms with Crippen LogP contribution >= 0.6 is 0 Å². The molecule has 1 saturated carbocycles. The molecule has 2 aromatic heterocycles. The van der Waals surface area contributed by atoms with Crippen molar-refractivity contribution in [3.05, 3.63) is 87.5 Å². The third-order valence-corrected chi connectivity index (χ3v) is 7.36. The Bertz CT molecular complexity index is 1320. The Morgan fingerprint density at radius 3 is 2.60 bits per heavy atom. The Kier molecular flexibility index (Phi) is 7.04. The van der Waals surface area contributed by atoms with E-state index in [4.69, 9.17) is 0 Å². The van der Waals surface area contributed by atoms with Gasteiger partial charge in [-0.25, -0.2) is 4.68 Å². The molecule has 0 amide bonds. The van der Waals surface area contributed by atoms with Gasteiger partial charge in [0.2, 0.25) is 0 Å². The first kappa shape index (κ1) is 23.4. The Morgan fingerprint density at radius 2 is 1.86 bits per heavy atom. The van der Waals surface area contributed by atoms with Crippen LogP contribution in [0.4, 0.5) is 0 Å². The number of tetrazole rings is 1. The van der Waals surface area contributed by atoms with Crippen LogP contribution in [-0.2, 0) is 19.5 Å². The van der Waals surface area contributed by atoms with E-state index in [1.54, 1.807) is 0 Å². The number of benzene rings is 2. The Balaban J connectivity index is 1.50. The summed E-state index contributed by atoms with van der Waals surface area (Å²) < 4.78 is 1.92. The molecule has 4 aromatic rings. The fraction of sp³-hybridized carbons (Fsp3) is 0.429. The molecule has 35 heavy (non-hydrogen) atoms. The zero-order valence-corrected chi connectivity index (χ0v) is 20.7. The summed E-state index contributed by atoms with van der Waals surface area (Å²) in [4.78, 5) is 18.7. The minimum atomic E-state index is -0.0107. The number of aromatic amines is 1. The van der Waals surface area contributed by atoms with Crippen molar-refractivity contribution in [1.82, 2.24) is 30.1 Å². The van der Waals surface area contributed by atoms with Gasteiger partial charge in [0.1, 0.15) is 0 Å². The number of pyridine rings is 1. The molecule has 182 valence electrons. The number of aromatic nitrogens is 5. The zero-order valence-electron chi connectivity index (χ0n) is 20.7. The quantitative estimate of drug-likeness (QED) is 0.371. The summed E-state index contributed by atoms with van der Waals surface area (Å²) >= 11 is 0. The third-order valence-electron chi connectivity index (χ3n) is 7.36. The molecule has 0 spiro atoms. The molecule has 7 heteroatoms. The first-order valence-corrected chi connectivity index (χ1v) is 12.9. The second-order valence-corrected chi connectivity index (χ2v) is 9.61. The van der Waals surface area contributed by atoms with Gasteiger partial charge in [0.05, 0.1) is 12.6 Å². The number of rotatable bonds is 9. The minimum Gasteiger partial charge on any atom is -0.322 e. The van der Waals surface area contributed by atoms with Gasteiger partial charge in [0.25, 0.3) is 5.56 Å². The van der Waals surface area contributed by atoms with Crippen LogP contribution in [0.5, 0.6) is 0 Å². The fourth-order valence-electron chi connectivity index (χ4n) is 5.45. The van der Waals surface area contributed by atoms with Crippen molar-refractivity contribution in [3.8, 4) is 0 Å². The predicted octanol–water partition coefficient (Wildman–Crippen LogP) is 5.02. The van der Waals surface area contributed by atoms with Crippen LogP contribution in [0.2, 0.25) is 0 Å². The van der Waals surface area contributed by atoms with Crippen LogP contribution in [0.3, 0.4) is 0 Å². The third kappa shape index (κ3) is 5.05. The van der Waals surface area contributed by atoms with Crippen molar-refractivity contribution in [2.24, 2.45) is 0 Å². The molecule has 1 N–H and O–H groups in total. The molecule has 2 aromatic carbocycles. The summed E-state index contributed by atoms with van der Waals surface area (Å²) in [5, 5.41) is 14.0. The summed E-state index contributed by atoms with van der Waals surface area (Å²) in [6.45, 7) is 5.56. The SMILES string of the molecule is CCc1ccc2[nH]c(=O)c(CN(C3CCCC3)[C@@H](CC)c3nnnn3Cc3ccccc3)cc2c1. The highest BCUT2D eigenvalue weighted by atomic mass is 16.1. The van der Waals surface area contributed by atoms with Gasteiger partial charge in [-0.1, -0.05) is 63.1 Å². The Morgan fingerprint density at radius 1 is 1.06 bits per heavy atom. The van der Waals surface area contributed by atoms with Gasteiger partial charge < -0.3 is 4.98 Å². The lowest BCUT2D eigenvalue weighted by Crippen LogP contribution is -2.39. The van der Waals surface area contributed by atoms with Crippen LogP contribution in [-0.4, -0.2) is 36.1 Å². The first-order valence-electron chi connectivity index (χ1n) is 12.9. The predicted molar refractivity (Wildman–Crippen MR) is 138 cm³/mol. The summed E-state index contributed by atoms with van der Waals surface area (Å²) in [7, 11) is 0. The number of aryl methyl sites for hydroxylation is 1. The van der Waals surface area contributed by atoms with Gasteiger partial charge in [-0.15, -0.1) is 5.10 Å². The zero-order chi connectivity index (χ0) is 24.2. The maximum absolute atomic E-state index is 13.1. The van der Waals surface area contributed by atoms with E-state index >= 15 is 0 Å². The average Bonchev–Trinajstić information content (AvgIpc) is 3.57. The summed E-state index contributed by atoms with van der Waals surface area (Å²) in [6, 6.07) is 19.1. The number of nitrogens with zero attached hydrogens (tertiary/aromatic N) is 5. The molecule has 7 nitrogen and oxygen atoms in total. The van der Waals surface area contributed by atoms with Crippen LogP contribution < -0.4 is 5.56 Å². The van der Waals surface area contributed by atoms with Gasteiger partial charge >= 0.3 is 0 Å². The molecule has 0 aliphatic heterocycles. The fourth-order valence-corrected chi connectivity index (χ4v) is 5.45. The van der Waals surface area contributed by atoms with Crippen molar-refractivity contribution >= 4 is 10.9 Å². The van der Waals surface area contributed by atoms with Crippen LogP contribution in [0.1, 0.15) is 74.5 Å². The molecule has 0 unspecified atom stereocenters. The van der Waals surface area contributed by atoms with E-state index in [1.807, 2.05) is 28.9 Å². The van der Waals surface area contributed by atoms with E-state index in [2.05, 4.69) is 69.6 Å². The molecular formula is C28H34N6O. The molecule has 1 atom stereocenters. The van der Waals surface area contributed by atoms with Crippen molar-refractivity contribution in [3.63, 3.8) is 0 Å². The van der Waals surface area contributed by atoms with E-state index in [1.165, 1.54) is 24.0 Å². The highest BCUT2D eigenvalue weighted by molar-refractivity contribution is 5.79. The topological polar surface area (TPSA) is 79.7 Å². The summed E-state index contributed by atoms with van der Waals surface area (Å²) in [5.41, 5.74) is 4.12. The standard InChI is InChI=1S/C28H34N6O/c1-3-20-14-15-25-22(16-20)17-23(28(35)29-25)19-33(24-12-8-9-13-24)26(4-2)27-30-31-32-34(27)18-21-10-6-5-7-11-21/h5-7,10-11,14-17,24,26H,3-4,8-9,12-13,18-19H2,1-2H3,(H,29,35)/t26-/m0/s1. The van der Waals surface area contributed by atoms with E-state index in [9.17, 15) is 4.79 Å². The Labute approximate surface area is 206 Å². The molecule has 1 aliphatic rings. The highest BCUT2D eigenvalue weighted by Gasteiger charge is 2.32. The average molecular weight is 471 g/mol. The summed E-state index contributed by atoms with van der Waals surface area (Å²) in [5.74, 6) is 0.869. The number of hydrogen-bond acceptors (Lipinski definition) is 5. The second-order valence-electron chi connectivity index (χ2n) is 9.61. The number of hydrogen-bond donors (Lipinski definition) is 1. The molecule has 2 heterocycles. The number of H-pyrrole nitrogens is 1. The number of nitrogens with one attached hydrogen (secondary N) is 1. The van der Waals surface area contributed by atoms with Crippen molar-refractivity contribution in [2.75, 3.05) is 0 Å². The summed E-state index contributed by atoms with van der Waals surface area (Å²) in [6.07, 6.45) is 6.57. The van der Waals surface area contributed by atoms with Gasteiger partial charge in [0, 0.05) is 23.7 Å². The lowest BCUT2D eigenvalue weighted by atomic mass is 10.0. The van der Waals surface area contributed by atoms with Gasteiger partial charge in [-0.2, -0.15) is 0 Å². The van der Waals surface area contributed by atoms with Crippen LogP contribution in [0.15, 0.2) is 59.4 Å². The molecule has 0 radical (unpaired) electrons. The van der Waals surface area contributed by atoms with Gasteiger partial charge in [-0.3, -0.25) is 9.69 Å². The molecule has 1 aliphatic carbocycles. The van der Waals surface area contributed by atoms with Crippen molar-refractivity contribution < 1.29 is 0 Å². The van der Waals surface area contributed by atoms with Crippen LogP contribution in [0.25, 0.3) is 10.9 Å². The minimum absolute atomic E-state index is 0.0107. The normalized spacial score (nSPS) is 15.3. The lowest BCUT2D eigenvalue weighted by molar-refractivity contribution is 0.112. The monoisotopic (exact) mass is 470 g/mol. The highest BCUT2D eigenvalue weighted by Crippen LogP contribution is 2.33. The van der Waals surface area contributed by atoms with E-state index in [-0.39, 0.29) is 11.6 Å². The second kappa shape index (κ2) is 10.5. The molecule has 0 bridgehead atoms. The van der Waals surface area contributed by atoms with Gasteiger partial charge in [-0.05, 0) is 70.8 Å². The maximum atomic E-state index is 13.1. The maximum Gasteiger partial charge on any atom is 0.252 e. The molecular weight excluding hydrogens is 436 g/mol. The largest absolute Gasteiger partial charge is 0.322 e.